The maximum absolute atomic E-state index is 13.7. The Bertz CT molecular complexity index is 2110. The zero-order chi connectivity index (χ0) is 46.1. The van der Waals surface area contributed by atoms with E-state index in [0.29, 0.717) is 44.6 Å². The molecule has 4 amide bonds. The summed E-state index contributed by atoms with van der Waals surface area (Å²) in [5.74, 6) is -8.75. The highest BCUT2D eigenvalue weighted by molar-refractivity contribution is 6.00. The summed E-state index contributed by atoms with van der Waals surface area (Å²) in [4.78, 5) is 107. The minimum absolute atomic E-state index is 0.0787. The number of aryl methyl sites for hydroxylation is 1. The third kappa shape index (κ3) is 14.4. The number of hydrogen-bond donors (Lipinski definition) is 6. The highest BCUT2D eigenvalue weighted by Gasteiger charge is 2.34. The molecular formula is C43H53N5O15. The maximum atomic E-state index is 13.7. The van der Waals surface area contributed by atoms with Gasteiger partial charge in [-0.25, -0.2) is 14.4 Å². The number of aliphatic carboxylic acids is 3. The second kappa shape index (κ2) is 24.0. The van der Waals surface area contributed by atoms with Crippen LogP contribution in [0.2, 0.25) is 0 Å². The molecule has 0 bridgehead atoms. The number of amides is 4. The molecule has 4 rings (SSSR count). The van der Waals surface area contributed by atoms with Gasteiger partial charge in [0, 0.05) is 25.2 Å². The predicted molar refractivity (Wildman–Crippen MR) is 221 cm³/mol. The van der Waals surface area contributed by atoms with Gasteiger partial charge in [-0.05, 0) is 61.2 Å². The third-order valence-corrected chi connectivity index (χ3v) is 10.2. The number of unbranched alkanes of at least 4 members (excludes halogenated alkanes) is 2. The van der Waals surface area contributed by atoms with Gasteiger partial charge in [-0.15, -0.1) is 0 Å². The van der Waals surface area contributed by atoms with Crippen molar-refractivity contribution in [1.82, 2.24) is 25.9 Å². The Balaban J connectivity index is 1.42. The lowest BCUT2D eigenvalue weighted by molar-refractivity contribution is -0.171. The minimum atomic E-state index is -1.79. The van der Waals surface area contributed by atoms with Crippen LogP contribution in [0, 0.1) is 12.8 Å². The van der Waals surface area contributed by atoms with Crippen molar-refractivity contribution in [3.05, 3.63) is 76.5 Å². The van der Waals surface area contributed by atoms with Crippen LogP contribution < -0.4 is 20.7 Å². The largest absolute Gasteiger partial charge is 0.481 e. The number of carboxylic acids is 3. The number of hydroxylamine groups is 2. The van der Waals surface area contributed by atoms with Crippen LogP contribution >= 0.6 is 0 Å². The number of nitrogens with one attached hydrogen (secondary N) is 3. The first kappa shape index (κ1) is 48.9. The van der Waals surface area contributed by atoms with Gasteiger partial charge in [0.2, 0.25) is 12.3 Å². The van der Waals surface area contributed by atoms with Crippen molar-refractivity contribution >= 4 is 48.0 Å². The first-order chi connectivity index (χ1) is 30.1. The van der Waals surface area contributed by atoms with Crippen LogP contribution in [0.5, 0.6) is 5.75 Å². The SMILES string of the molecule is CCCCC[C@@H](C(=O)NCNC(=O)c1ccc(-c2ccc(C(=O)N[C@@H](CC(=O)O)C(=O)O)c(OCC(=O)O)c2)o1)[C@@H](CC)N(C=O)OC(=O)c1ccc(CN2CCOCC2)cc1C. The number of ether oxygens (including phenoxy) is 2. The van der Waals surface area contributed by atoms with E-state index in [-0.39, 0.29) is 47.0 Å². The van der Waals surface area contributed by atoms with E-state index in [9.17, 15) is 43.5 Å². The first-order valence-corrected chi connectivity index (χ1v) is 20.4. The van der Waals surface area contributed by atoms with Crippen LogP contribution in [-0.2, 0) is 40.1 Å². The van der Waals surface area contributed by atoms with E-state index in [1.54, 1.807) is 19.9 Å². The molecule has 6 N–H and O–H groups in total. The molecule has 2 aromatic carbocycles. The number of rotatable bonds is 25. The molecular weight excluding hydrogens is 826 g/mol. The quantitative estimate of drug-likeness (QED) is 0.0308. The van der Waals surface area contributed by atoms with Gasteiger partial charge in [0.05, 0.1) is 49.4 Å². The molecule has 2 heterocycles. The fourth-order valence-corrected chi connectivity index (χ4v) is 6.91. The molecule has 1 fully saturated rings. The van der Waals surface area contributed by atoms with Crippen molar-refractivity contribution < 1.29 is 72.4 Å². The van der Waals surface area contributed by atoms with Crippen molar-refractivity contribution in [3.8, 4) is 17.1 Å². The van der Waals surface area contributed by atoms with E-state index in [4.69, 9.17) is 28.9 Å². The average molecular weight is 880 g/mol. The number of carbonyl (C=O) groups excluding carboxylic acids is 5. The van der Waals surface area contributed by atoms with Gasteiger partial charge < -0.3 is 50.0 Å². The van der Waals surface area contributed by atoms with Gasteiger partial charge in [-0.2, -0.15) is 5.06 Å². The second-order valence-electron chi connectivity index (χ2n) is 14.7. The molecule has 63 heavy (non-hydrogen) atoms. The van der Waals surface area contributed by atoms with Crippen LogP contribution in [0.4, 0.5) is 0 Å². The van der Waals surface area contributed by atoms with Crippen molar-refractivity contribution in [3.63, 3.8) is 0 Å². The lowest BCUT2D eigenvalue weighted by Gasteiger charge is -2.32. The summed E-state index contributed by atoms with van der Waals surface area (Å²) in [7, 11) is 0. The lowest BCUT2D eigenvalue weighted by Crippen LogP contribution is -2.49. The maximum Gasteiger partial charge on any atom is 0.363 e. The Kier molecular flexibility index (Phi) is 18.6. The fraction of sp³-hybridized carbons (Fsp3) is 0.442. The third-order valence-electron chi connectivity index (χ3n) is 10.2. The van der Waals surface area contributed by atoms with E-state index in [1.165, 1.54) is 30.3 Å². The molecule has 0 radical (unpaired) electrons. The smallest absolute Gasteiger partial charge is 0.363 e. The molecule has 1 aliphatic heterocycles. The fourth-order valence-electron chi connectivity index (χ4n) is 6.91. The Labute approximate surface area is 362 Å². The molecule has 3 aromatic rings. The number of hydrogen-bond acceptors (Lipinski definition) is 13. The predicted octanol–water partition coefficient (Wildman–Crippen LogP) is 3.22. The Hall–Kier alpha value is -6.80. The van der Waals surface area contributed by atoms with Gasteiger partial charge in [0.1, 0.15) is 17.6 Å². The molecule has 3 atom stereocenters. The molecule has 20 nitrogen and oxygen atoms in total. The summed E-state index contributed by atoms with van der Waals surface area (Å²) in [5.41, 5.74) is 1.87. The molecule has 20 heteroatoms. The highest BCUT2D eigenvalue weighted by Crippen LogP contribution is 2.30. The van der Waals surface area contributed by atoms with Crippen LogP contribution in [0.15, 0.2) is 52.9 Å². The monoisotopic (exact) mass is 879 g/mol. The van der Waals surface area contributed by atoms with Crippen molar-refractivity contribution in [2.24, 2.45) is 5.92 Å². The highest BCUT2D eigenvalue weighted by atomic mass is 16.7. The Morgan fingerprint density at radius 1 is 0.889 bits per heavy atom. The second-order valence-corrected chi connectivity index (χ2v) is 14.7. The zero-order valence-electron chi connectivity index (χ0n) is 35.3. The number of benzene rings is 2. The van der Waals surface area contributed by atoms with E-state index >= 15 is 0 Å². The van der Waals surface area contributed by atoms with Gasteiger partial charge >= 0.3 is 23.9 Å². The van der Waals surface area contributed by atoms with Crippen molar-refractivity contribution in [2.45, 2.75) is 77.9 Å². The van der Waals surface area contributed by atoms with Gasteiger partial charge in [0.25, 0.3) is 11.8 Å². The van der Waals surface area contributed by atoms with E-state index in [2.05, 4.69) is 20.9 Å². The van der Waals surface area contributed by atoms with Crippen LogP contribution in [-0.4, -0.2) is 125 Å². The molecule has 0 saturated carbocycles. The summed E-state index contributed by atoms with van der Waals surface area (Å²) >= 11 is 0. The summed E-state index contributed by atoms with van der Waals surface area (Å²) < 4.78 is 16.4. The summed E-state index contributed by atoms with van der Waals surface area (Å²) in [6.07, 6.45) is 2.37. The summed E-state index contributed by atoms with van der Waals surface area (Å²) in [5, 5.41) is 35.7. The van der Waals surface area contributed by atoms with Crippen LogP contribution in [0.25, 0.3) is 11.3 Å². The molecule has 1 saturated heterocycles. The summed E-state index contributed by atoms with van der Waals surface area (Å²) in [6, 6.07) is 9.25. The van der Waals surface area contributed by atoms with Gasteiger partial charge in [0.15, 0.2) is 12.4 Å². The number of nitrogens with zero attached hydrogens (tertiary/aromatic N) is 2. The molecule has 0 unspecified atom stereocenters. The number of carbonyl (C=O) groups is 8. The van der Waals surface area contributed by atoms with E-state index < -0.39 is 72.6 Å². The topological polar surface area (TPSA) is 281 Å². The molecule has 0 spiro atoms. The standard InChI is InChI=1S/C43H53N5O15/c1-4-6-7-8-30(33(5-2)48(25-49)63-43(59)29-11-9-27(19-26(29)3)22-47-15-17-60-18-16-47)39(54)44-24-45-41(56)35-14-13-34(62-35)28-10-12-31(36(20-28)61-23-38(52)53)40(55)46-32(42(57)58)21-37(50)51/h9-14,19-20,25,30,32-33H,4-8,15-18,21-24H2,1-3H3,(H,44,54)(H,45,56)(H,46,55)(H,50,51)(H,52,53)(H,57,58)/t30-,32+,33-/m1/s1. The van der Waals surface area contributed by atoms with Crippen molar-refractivity contribution in [1.29, 1.82) is 0 Å². The summed E-state index contributed by atoms with van der Waals surface area (Å²) in [6.45, 7) is 7.94. The van der Waals surface area contributed by atoms with Crippen LogP contribution in [0.1, 0.15) is 94.8 Å². The number of furan rings is 1. The Morgan fingerprint density at radius 3 is 2.25 bits per heavy atom. The number of morpholine rings is 1. The molecule has 0 aliphatic carbocycles. The average Bonchev–Trinajstić information content (AvgIpc) is 3.75. The van der Waals surface area contributed by atoms with Gasteiger partial charge in [-0.1, -0.05) is 51.3 Å². The van der Waals surface area contributed by atoms with E-state index in [1.807, 2.05) is 19.1 Å². The lowest BCUT2D eigenvalue weighted by atomic mass is 9.90. The minimum Gasteiger partial charge on any atom is -0.481 e. The molecule has 1 aliphatic rings. The Morgan fingerprint density at radius 2 is 1.62 bits per heavy atom. The number of carboxylic acid groups (broad SMARTS) is 3. The van der Waals surface area contributed by atoms with E-state index in [0.717, 1.165) is 36.6 Å². The molecule has 1 aromatic heterocycles. The normalized spacial score (nSPS) is 14.0. The van der Waals surface area contributed by atoms with Gasteiger partial charge in [-0.3, -0.25) is 28.9 Å². The molecule has 340 valence electrons. The zero-order valence-corrected chi connectivity index (χ0v) is 35.3. The first-order valence-electron chi connectivity index (χ1n) is 20.4. The van der Waals surface area contributed by atoms with Crippen LogP contribution in [0.3, 0.4) is 0 Å². The van der Waals surface area contributed by atoms with Crippen molar-refractivity contribution in [2.75, 3.05) is 39.6 Å².